The van der Waals surface area contributed by atoms with E-state index in [2.05, 4.69) is 0 Å². The fourth-order valence-electron chi connectivity index (χ4n) is 3.80. The molecule has 1 aromatic carbocycles. The second-order valence-corrected chi connectivity index (χ2v) is 6.66. The number of carbonyl (C=O) groups is 1. The van der Waals surface area contributed by atoms with Crippen molar-refractivity contribution in [3.8, 4) is 0 Å². The van der Waals surface area contributed by atoms with Crippen LogP contribution in [0.5, 0.6) is 0 Å². The summed E-state index contributed by atoms with van der Waals surface area (Å²) in [6.45, 7) is 1.50. The van der Waals surface area contributed by atoms with Crippen molar-refractivity contribution in [3.05, 3.63) is 34.9 Å². The van der Waals surface area contributed by atoms with Gasteiger partial charge in [0.1, 0.15) is 18.3 Å². The number of hydrogen-bond donors (Lipinski definition) is 5. The normalized spacial score (nSPS) is 39.3. The minimum absolute atomic E-state index is 0.0863. The van der Waals surface area contributed by atoms with Gasteiger partial charge in [0, 0.05) is 5.92 Å². The Hall–Kier alpha value is -1.51. The van der Waals surface area contributed by atoms with Crippen molar-refractivity contribution >= 4 is 5.97 Å². The van der Waals surface area contributed by atoms with E-state index < -0.39 is 42.1 Å². The number of fused-ring (bicyclic) bond motifs is 1. The molecule has 1 unspecified atom stereocenters. The van der Waals surface area contributed by atoms with Crippen molar-refractivity contribution in [3.63, 3.8) is 0 Å². The lowest BCUT2D eigenvalue weighted by atomic mass is 9.73. The molecule has 5 N–H and O–H groups in total. The number of aliphatic hydroxyl groups is 4. The fraction of sp³-hybridized carbons (Fsp3) is 0.588. The molecular formula is C17H22O7. The van der Waals surface area contributed by atoms with Gasteiger partial charge in [0.15, 0.2) is 0 Å². The van der Waals surface area contributed by atoms with Gasteiger partial charge in [-0.2, -0.15) is 0 Å². The molecule has 2 aliphatic rings. The maximum atomic E-state index is 11.2. The minimum Gasteiger partial charge on any atom is -0.478 e. The number of hydrogen-bond acceptors (Lipinski definition) is 6. The molecule has 1 aliphatic carbocycles. The molecule has 1 aromatic rings. The average molecular weight is 338 g/mol. The molecule has 1 heterocycles. The first-order valence-corrected chi connectivity index (χ1v) is 8.06. The molecule has 1 aliphatic heterocycles. The Balaban J connectivity index is 2.04. The van der Waals surface area contributed by atoms with Crippen LogP contribution < -0.4 is 0 Å². The zero-order valence-corrected chi connectivity index (χ0v) is 13.3. The standard InChI is InChI=1S/C17H22O7/c1-8-13(18)14(19)15(20)17(23,24-8)12-4-2-3-9-5-6-10(16(21)22)7-11(9)12/h5-8,12-15,18-20,23H,2-4H2,1H3,(H,21,22)/t8-,12?,13+,14+,15-,17+/m0/s1. The van der Waals surface area contributed by atoms with E-state index in [1.54, 1.807) is 6.07 Å². The molecular weight excluding hydrogens is 316 g/mol. The molecule has 0 bridgehead atoms. The Morgan fingerprint density at radius 3 is 2.62 bits per heavy atom. The second kappa shape index (κ2) is 6.09. The highest BCUT2D eigenvalue weighted by molar-refractivity contribution is 5.88. The van der Waals surface area contributed by atoms with E-state index in [0.29, 0.717) is 12.0 Å². The van der Waals surface area contributed by atoms with Gasteiger partial charge in [-0.25, -0.2) is 4.79 Å². The van der Waals surface area contributed by atoms with Gasteiger partial charge < -0.3 is 30.3 Å². The van der Waals surface area contributed by atoms with Gasteiger partial charge in [0.2, 0.25) is 5.79 Å². The quantitative estimate of drug-likeness (QED) is 0.513. The summed E-state index contributed by atoms with van der Waals surface area (Å²) in [5, 5.41) is 50.4. The molecule has 1 saturated heterocycles. The molecule has 0 aromatic heterocycles. The summed E-state index contributed by atoms with van der Waals surface area (Å²) in [4.78, 5) is 11.2. The monoisotopic (exact) mass is 338 g/mol. The van der Waals surface area contributed by atoms with E-state index in [-0.39, 0.29) is 5.56 Å². The lowest BCUT2D eigenvalue weighted by molar-refractivity contribution is -0.352. The van der Waals surface area contributed by atoms with E-state index in [9.17, 15) is 30.3 Å². The molecule has 7 heteroatoms. The summed E-state index contributed by atoms with van der Waals surface area (Å²) in [6, 6.07) is 4.70. The van der Waals surface area contributed by atoms with Crippen molar-refractivity contribution < 1.29 is 35.1 Å². The van der Waals surface area contributed by atoms with E-state index in [1.165, 1.54) is 19.1 Å². The van der Waals surface area contributed by atoms with Crippen LogP contribution in [0, 0.1) is 0 Å². The van der Waals surface area contributed by atoms with Crippen LogP contribution in [0.2, 0.25) is 0 Å². The Morgan fingerprint density at radius 1 is 1.25 bits per heavy atom. The van der Waals surface area contributed by atoms with Crippen LogP contribution >= 0.6 is 0 Å². The van der Waals surface area contributed by atoms with Gasteiger partial charge in [-0.05, 0) is 49.4 Å². The van der Waals surface area contributed by atoms with Crippen LogP contribution in [0.15, 0.2) is 18.2 Å². The second-order valence-electron chi connectivity index (χ2n) is 6.66. The number of carboxylic acid groups (broad SMARTS) is 1. The molecule has 132 valence electrons. The number of benzene rings is 1. The van der Waals surface area contributed by atoms with Gasteiger partial charge in [-0.3, -0.25) is 0 Å². The van der Waals surface area contributed by atoms with E-state index >= 15 is 0 Å². The third-order valence-electron chi connectivity index (χ3n) is 5.16. The van der Waals surface area contributed by atoms with Gasteiger partial charge in [-0.15, -0.1) is 0 Å². The van der Waals surface area contributed by atoms with Gasteiger partial charge in [0.05, 0.1) is 11.7 Å². The van der Waals surface area contributed by atoms with Crippen molar-refractivity contribution in [2.24, 2.45) is 0 Å². The van der Waals surface area contributed by atoms with Crippen LogP contribution in [-0.2, 0) is 11.2 Å². The molecule has 0 saturated carbocycles. The third kappa shape index (κ3) is 2.62. The van der Waals surface area contributed by atoms with E-state index in [1.807, 2.05) is 0 Å². The Labute approximate surface area is 139 Å². The fourth-order valence-corrected chi connectivity index (χ4v) is 3.80. The van der Waals surface area contributed by atoms with Gasteiger partial charge in [-0.1, -0.05) is 6.07 Å². The first kappa shape index (κ1) is 17.3. The highest BCUT2D eigenvalue weighted by atomic mass is 16.7. The van der Waals surface area contributed by atoms with E-state index in [0.717, 1.165) is 18.4 Å². The molecule has 24 heavy (non-hydrogen) atoms. The number of aryl methyl sites for hydroxylation is 1. The van der Waals surface area contributed by atoms with Crippen molar-refractivity contribution in [1.82, 2.24) is 0 Å². The maximum absolute atomic E-state index is 11.2. The molecule has 6 atom stereocenters. The van der Waals surface area contributed by atoms with Crippen molar-refractivity contribution in [1.29, 1.82) is 0 Å². The first-order chi connectivity index (χ1) is 11.3. The topological polar surface area (TPSA) is 127 Å². The molecule has 0 spiro atoms. The average Bonchev–Trinajstić information content (AvgIpc) is 2.57. The molecule has 1 fully saturated rings. The first-order valence-electron chi connectivity index (χ1n) is 8.06. The summed E-state index contributed by atoms with van der Waals surface area (Å²) in [5.74, 6) is -3.87. The lowest BCUT2D eigenvalue weighted by Gasteiger charge is -2.49. The summed E-state index contributed by atoms with van der Waals surface area (Å²) in [7, 11) is 0. The maximum Gasteiger partial charge on any atom is 0.335 e. The Bertz CT molecular complexity index is 646. The highest BCUT2D eigenvalue weighted by Crippen LogP contribution is 2.45. The van der Waals surface area contributed by atoms with Crippen molar-refractivity contribution in [2.45, 2.75) is 62.3 Å². The van der Waals surface area contributed by atoms with Crippen molar-refractivity contribution in [2.75, 3.05) is 0 Å². The summed E-state index contributed by atoms with van der Waals surface area (Å²) < 4.78 is 5.51. The molecule has 0 amide bonds. The van der Waals surface area contributed by atoms with Crippen LogP contribution in [0.1, 0.15) is 47.2 Å². The molecule has 3 rings (SSSR count). The number of carboxylic acids is 1. The minimum atomic E-state index is -2.09. The number of ether oxygens (including phenoxy) is 1. The SMILES string of the molecule is C[C@@H]1O[C@](O)(C2CCCc3ccc(C(=O)O)cc32)[C@@H](O)[C@H](O)[C@@H]1O. The highest BCUT2D eigenvalue weighted by Gasteiger charge is 2.56. The Kier molecular flexibility index (Phi) is 4.39. The number of aliphatic hydroxyl groups excluding tert-OH is 3. The Morgan fingerprint density at radius 2 is 1.96 bits per heavy atom. The van der Waals surface area contributed by atoms with E-state index in [4.69, 9.17) is 4.74 Å². The van der Waals surface area contributed by atoms with Gasteiger partial charge >= 0.3 is 5.97 Å². The smallest absolute Gasteiger partial charge is 0.335 e. The largest absolute Gasteiger partial charge is 0.478 e. The zero-order chi connectivity index (χ0) is 17.6. The van der Waals surface area contributed by atoms with Crippen LogP contribution in [0.25, 0.3) is 0 Å². The molecule has 0 radical (unpaired) electrons. The van der Waals surface area contributed by atoms with Crippen LogP contribution in [-0.4, -0.2) is 61.7 Å². The van der Waals surface area contributed by atoms with Crippen LogP contribution in [0.3, 0.4) is 0 Å². The summed E-state index contributed by atoms with van der Waals surface area (Å²) >= 11 is 0. The lowest BCUT2D eigenvalue weighted by Crippen LogP contribution is -2.66. The van der Waals surface area contributed by atoms with Gasteiger partial charge in [0.25, 0.3) is 0 Å². The predicted molar refractivity (Wildman–Crippen MR) is 82.6 cm³/mol. The number of rotatable bonds is 2. The molecule has 7 nitrogen and oxygen atoms in total. The zero-order valence-electron chi connectivity index (χ0n) is 13.3. The summed E-state index contributed by atoms with van der Waals surface area (Å²) in [5.41, 5.74) is 1.57. The predicted octanol–water partition coefficient (Wildman–Crippen LogP) is -0.00530. The number of aromatic carboxylic acids is 1. The summed E-state index contributed by atoms with van der Waals surface area (Å²) in [6.07, 6.45) is -3.50. The van der Waals surface area contributed by atoms with Crippen LogP contribution in [0.4, 0.5) is 0 Å². The third-order valence-corrected chi connectivity index (χ3v) is 5.16.